The summed E-state index contributed by atoms with van der Waals surface area (Å²) in [5.74, 6) is 1.33. The standard InChI is InChI=1S/C16H19N3O2/c1-10(2)21-16-14-12(8-17-15(14)18-9-19-16)5-6-13(20)7-11-3-4-11/h5-6,8-11H,3-4,7H2,1-2H3,(H,17,18,19)/b6-5+. The summed E-state index contributed by atoms with van der Waals surface area (Å²) in [6.07, 6.45) is 9.83. The molecule has 1 saturated carbocycles. The molecule has 1 fully saturated rings. The number of hydrogen-bond acceptors (Lipinski definition) is 4. The molecule has 5 heteroatoms. The van der Waals surface area contributed by atoms with Crippen molar-refractivity contribution in [3.63, 3.8) is 0 Å². The molecule has 0 radical (unpaired) electrons. The number of aromatic nitrogens is 3. The van der Waals surface area contributed by atoms with Crippen LogP contribution in [-0.4, -0.2) is 26.8 Å². The minimum absolute atomic E-state index is 0.0336. The molecule has 21 heavy (non-hydrogen) atoms. The highest BCUT2D eigenvalue weighted by atomic mass is 16.5. The summed E-state index contributed by atoms with van der Waals surface area (Å²) in [7, 11) is 0. The number of carbonyl (C=O) groups is 1. The summed E-state index contributed by atoms with van der Waals surface area (Å²) in [5.41, 5.74) is 1.60. The van der Waals surface area contributed by atoms with Crippen molar-refractivity contribution in [3.8, 4) is 5.88 Å². The minimum atomic E-state index is 0.0336. The second-order valence-electron chi connectivity index (χ2n) is 5.76. The molecule has 0 unspecified atom stereocenters. The van der Waals surface area contributed by atoms with Crippen LogP contribution in [0.2, 0.25) is 0 Å². The van der Waals surface area contributed by atoms with Gasteiger partial charge in [0.15, 0.2) is 5.78 Å². The summed E-state index contributed by atoms with van der Waals surface area (Å²) in [4.78, 5) is 23.3. The van der Waals surface area contributed by atoms with Crippen LogP contribution in [0.5, 0.6) is 5.88 Å². The van der Waals surface area contributed by atoms with Gasteiger partial charge in [-0.25, -0.2) is 9.97 Å². The van der Waals surface area contributed by atoms with Gasteiger partial charge in [0.25, 0.3) is 0 Å². The highest BCUT2D eigenvalue weighted by molar-refractivity contribution is 5.98. The molecule has 2 heterocycles. The summed E-state index contributed by atoms with van der Waals surface area (Å²) < 4.78 is 5.72. The van der Waals surface area contributed by atoms with Crippen molar-refractivity contribution in [2.45, 2.75) is 39.2 Å². The van der Waals surface area contributed by atoms with Gasteiger partial charge in [-0.3, -0.25) is 4.79 Å². The Kier molecular flexibility index (Phi) is 3.73. The number of H-pyrrole nitrogens is 1. The van der Waals surface area contributed by atoms with Crippen LogP contribution in [0.3, 0.4) is 0 Å². The first-order chi connectivity index (χ1) is 10.1. The van der Waals surface area contributed by atoms with Gasteiger partial charge in [-0.05, 0) is 44.8 Å². The maximum Gasteiger partial charge on any atom is 0.226 e. The van der Waals surface area contributed by atoms with Crippen molar-refractivity contribution in [1.29, 1.82) is 0 Å². The van der Waals surface area contributed by atoms with E-state index < -0.39 is 0 Å². The molecule has 1 aliphatic carbocycles. The fourth-order valence-electron chi connectivity index (χ4n) is 2.26. The number of ketones is 1. The molecule has 1 N–H and O–H groups in total. The summed E-state index contributed by atoms with van der Waals surface area (Å²) >= 11 is 0. The predicted molar refractivity (Wildman–Crippen MR) is 81.0 cm³/mol. The first kappa shape index (κ1) is 13.8. The van der Waals surface area contributed by atoms with Gasteiger partial charge >= 0.3 is 0 Å². The van der Waals surface area contributed by atoms with Crippen LogP contribution in [0.1, 0.15) is 38.7 Å². The molecular formula is C16H19N3O2. The lowest BCUT2D eigenvalue weighted by Crippen LogP contribution is -2.07. The van der Waals surface area contributed by atoms with E-state index in [2.05, 4.69) is 15.0 Å². The Bertz CT molecular complexity index is 684. The summed E-state index contributed by atoms with van der Waals surface area (Å²) in [6, 6.07) is 0. The van der Waals surface area contributed by atoms with Gasteiger partial charge in [0.1, 0.15) is 12.0 Å². The third-order valence-electron chi connectivity index (χ3n) is 3.45. The number of nitrogens with zero attached hydrogens (tertiary/aromatic N) is 2. The second kappa shape index (κ2) is 5.68. The van der Waals surface area contributed by atoms with Crippen molar-refractivity contribution >= 4 is 22.9 Å². The first-order valence-corrected chi connectivity index (χ1v) is 7.33. The van der Waals surface area contributed by atoms with Gasteiger partial charge < -0.3 is 9.72 Å². The Labute approximate surface area is 123 Å². The van der Waals surface area contributed by atoms with Crippen LogP contribution in [0, 0.1) is 5.92 Å². The van der Waals surface area contributed by atoms with E-state index >= 15 is 0 Å². The molecule has 0 spiro atoms. The first-order valence-electron chi connectivity index (χ1n) is 7.33. The van der Waals surface area contributed by atoms with Gasteiger partial charge in [0, 0.05) is 18.2 Å². The normalized spacial score (nSPS) is 15.2. The average molecular weight is 285 g/mol. The van der Waals surface area contributed by atoms with Crippen LogP contribution < -0.4 is 4.74 Å². The number of fused-ring (bicyclic) bond motifs is 1. The fourth-order valence-corrected chi connectivity index (χ4v) is 2.26. The number of hydrogen-bond donors (Lipinski definition) is 1. The molecule has 0 aliphatic heterocycles. The van der Waals surface area contributed by atoms with E-state index in [0.717, 1.165) is 16.6 Å². The SMILES string of the molecule is CC(C)Oc1ncnc2[nH]cc(/C=C/C(=O)CC3CC3)c12. The van der Waals surface area contributed by atoms with E-state index in [1.54, 1.807) is 6.08 Å². The molecule has 2 aromatic heterocycles. The molecule has 1 aliphatic rings. The second-order valence-corrected chi connectivity index (χ2v) is 5.76. The van der Waals surface area contributed by atoms with Gasteiger partial charge in [0.05, 0.1) is 11.5 Å². The lowest BCUT2D eigenvalue weighted by Gasteiger charge is -2.09. The highest BCUT2D eigenvalue weighted by Gasteiger charge is 2.23. The van der Waals surface area contributed by atoms with Gasteiger partial charge in [-0.15, -0.1) is 0 Å². The molecule has 0 atom stereocenters. The number of carbonyl (C=O) groups excluding carboxylic acids is 1. The fraction of sp³-hybridized carbons (Fsp3) is 0.438. The summed E-state index contributed by atoms with van der Waals surface area (Å²) in [5, 5.41) is 0.821. The third-order valence-corrected chi connectivity index (χ3v) is 3.45. The van der Waals surface area contributed by atoms with Crippen molar-refractivity contribution in [1.82, 2.24) is 15.0 Å². The van der Waals surface area contributed by atoms with E-state index in [0.29, 0.717) is 18.2 Å². The molecule has 2 aromatic rings. The Morgan fingerprint density at radius 3 is 3.00 bits per heavy atom. The number of ether oxygens (including phenoxy) is 1. The zero-order valence-corrected chi connectivity index (χ0v) is 12.3. The van der Waals surface area contributed by atoms with Crippen molar-refractivity contribution < 1.29 is 9.53 Å². The predicted octanol–water partition coefficient (Wildman–Crippen LogP) is 3.13. The van der Waals surface area contributed by atoms with Crippen LogP contribution in [0.4, 0.5) is 0 Å². The molecule has 110 valence electrons. The minimum Gasteiger partial charge on any atom is -0.474 e. The van der Waals surface area contributed by atoms with Crippen molar-refractivity contribution in [2.24, 2.45) is 5.92 Å². The zero-order valence-electron chi connectivity index (χ0n) is 12.3. The van der Waals surface area contributed by atoms with Crippen molar-refractivity contribution in [2.75, 3.05) is 0 Å². The molecule has 0 amide bonds. The van der Waals surface area contributed by atoms with Crippen LogP contribution in [0.15, 0.2) is 18.6 Å². The molecule has 0 aromatic carbocycles. The largest absolute Gasteiger partial charge is 0.474 e. The lowest BCUT2D eigenvalue weighted by molar-refractivity contribution is -0.114. The van der Waals surface area contributed by atoms with E-state index in [-0.39, 0.29) is 11.9 Å². The summed E-state index contributed by atoms with van der Waals surface area (Å²) in [6.45, 7) is 3.91. The highest BCUT2D eigenvalue weighted by Crippen LogP contribution is 2.33. The van der Waals surface area contributed by atoms with Crippen LogP contribution in [0.25, 0.3) is 17.1 Å². The van der Waals surface area contributed by atoms with E-state index in [1.165, 1.54) is 19.2 Å². The molecule has 3 rings (SSSR count). The third kappa shape index (κ3) is 3.29. The van der Waals surface area contributed by atoms with Gasteiger partial charge in [-0.2, -0.15) is 0 Å². The van der Waals surface area contributed by atoms with Crippen molar-refractivity contribution in [3.05, 3.63) is 24.2 Å². The lowest BCUT2D eigenvalue weighted by atomic mass is 10.1. The Morgan fingerprint density at radius 1 is 1.48 bits per heavy atom. The Balaban J connectivity index is 1.87. The number of nitrogens with one attached hydrogen (secondary N) is 1. The number of rotatable bonds is 6. The van der Waals surface area contributed by atoms with E-state index in [1.807, 2.05) is 26.1 Å². The number of aromatic amines is 1. The molecular weight excluding hydrogens is 266 g/mol. The average Bonchev–Trinajstić information content (AvgIpc) is 3.14. The van der Waals surface area contributed by atoms with Gasteiger partial charge in [-0.1, -0.05) is 0 Å². The monoisotopic (exact) mass is 285 g/mol. The topological polar surface area (TPSA) is 67.9 Å². The molecule has 0 bridgehead atoms. The van der Waals surface area contributed by atoms with E-state index in [9.17, 15) is 4.79 Å². The Hall–Kier alpha value is -2.17. The maximum atomic E-state index is 11.8. The molecule has 5 nitrogen and oxygen atoms in total. The van der Waals surface area contributed by atoms with Crippen LogP contribution >= 0.6 is 0 Å². The number of allylic oxidation sites excluding steroid dienone is 1. The van der Waals surface area contributed by atoms with E-state index in [4.69, 9.17) is 4.74 Å². The zero-order chi connectivity index (χ0) is 14.8. The van der Waals surface area contributed by atoms with Gasteiger partial charge in [0.2, 0.25) is 5.88 Å². The quantitative estimate of drug-likeness (QED) is 0.828. The molecule has 0 saturated heterocycles. The van der Waals surface area contributed by atoms with Crippen LogP contribution in [-0.2, 0) is 4.79 Å². The smallest absolute Gasteiger partial charge is 0.226 e. The maximum absolute atomic E-state index is 11.8. The Morgan fingerprint density at radius 2 is 2.29 bits per heavy atom.